The summed E-state index contributed by atoms with van der Waals surface area (Å²) in [6.45, 7) is 4.11. The molecule has 5 heteroatoms. The monoisotopic (exact) mass is 233 g/mol. The Kier molecular flexibility index (Phi) is 3.28. The second-order valence-corrected chi connectivity index (χ2v) is 4.64. The molecule has 0 saturated heterocycles. The second kappa shape index (κ2) is 4.71. The molecule has 0 aliphatic carbocycles. The zero-order chi connectivity index (χ0) is 12.4. The van der Waals surface area contributed by atoms with Gasteiger partial charge >= 0.3 is 0 Å². The fraction of sp³-hybridized carbons (Fsp3) is 0.500. The van der Waals surface area contributed by atoms with Crippen molar-refractivity contribution in [3.8, 4) is 0 Å². The molecule has 0 amide bonds. The van der Waals surface area contributed by atoms with E-state index in [1.165, 1.54) is 0 Å². The van der Waals surface area contributed by atoms with Gasteiger partial charge in [0.25, 0.3) is 0 Å². The Bertz CT molecular complexity index is 503. The minimum Gasteiger partial charge on any atom is -0.366 e. The Morgan fingerprint density at radius 1 is 1.41 bits per heavy atom. The summed E-state index contributed by atoms with van der Waals surface area (Å²) in [5.41, 5.74) is 7.77. The molecule has 0 bridgehead atoms. The number of nitrogens with two attached hydrogens (primary N) is 1. The van der Waals surface area contributed by atoms with Gasteiger partial charge in [0.15, 0.2) is 5.82 Å². The van der Waals surface area contributed by atoms with Crippen LogP contribution >= 0.6 is 0 Å². The lowest BCUT2D eigenvalue weighted by molar-refractivity contribution is 0.604. The first-order valence-corrected chi connectivity index (χ1v) is 5.86. The number of aromatic nitrogens is 3. The maximum Gasteiger partial charge on any atom is 0.154 e. The number of aryl methyl sites for hydroxylation is 1. The molecule has 0 spiro atoms. The molecule has 5 nitrogen and oxygen atoms in total. The lowest BCUT2D eigenvalue weighted by Crippen LogP contribution is -2.26. The molecule has 0 saturated carbocycles. The van der Waals surface area contributed by atoms with E-state index in [-0.39, 0.29) is 12.1 Å². The van der Waals surface area contributed by atoms with Gasteiger partial charge in [0.1, 0.15) is 5.52 Å². The van der Waals surface area contributed by atoms with Crippen LogP contribution in [-0.2, 0) is 7.05 Å². The number of fused-ring (bicyclic) bond motifs is 1. The quantitative estimate of drug-likeness (QED) is 0.839. The van der Waals surface area contributed by atoms with E-state index in [4.69, 9.17) is 5.73 Å². The summed E-state index contributed by atoms with van der Waals surface area (Å²) in [5.74, 6) is 0.830. The molecule has 2 aromatic rings. The van der Waals surface area contributed by atoms with Gasteiger partial charge in [-0.25, -0.2) is 9.97 Å². The summed E-state index contributed by atoms with van der Waals surface area (Å²) >= 11 is 0. The van der Waals surface area contributed by atoms with E-state index in [1.54, 1.807) is 12.5 Å². The first kappa shape index (κ1) is 11.9. The van der Waals surface area contributed by atoms with Crippen molar-refractivity contribution < 1.29 is 0 Å². The Hall–Kier alpha value is -1.62. The van der Waals surface area contributed by atoms with E-state index in [2.05, 4.69) is 22.2 Å². The Labute approximate surface area is 101 Å². The molecule has 2 atom stereocenters. The number of hydrogen-bond acceptors (Lipinski definition) is 4. The second-order valence-electron chi connectivity index (χ2n) is 4.64. The van der Waals surface area contributed by atoms with E-state index in [1.807, 2.05) is 24.6 Å². The van der Waals surface area contributed by atoms with Crippen LogP contribution in [0, 0.1) is 0 Å². The van der Waals surface area contributed by atoms with Crippen LogP contribution in [0.15, 0.2) is 18.6 Å². The molecule has 0 fully saturated rings. The lowest BCUT2D eigenvalue weighted by atomic mass is 10.1. The fourth-order valence-electron chi connectivity index (χ4n) is 2.02. The van der Waals surface area contributed by atoms with E-state index in [0.717, 1.165) is 23.3 Å². The molecule has 2 rings (SSSR count). The van der Waals surface area contributed by atoms with Crippen LogP contribution in [0.3, 0.4) is 0 Å². The highest BCUT2D eigenvalue weighted by atomic mass is 15.1. The van der Waals surface area contributed by atoms with Crippen molar-refractivity contribution in [2.45, 2.75) is 32.4 Å². The summed E-state index contributed by atoms with van der Waals surface area (Å²) < 4.78 is 1.98. The number of pyridine rings is 1. The molecule has 2 heterocycles. The molecule has 0 aromatic carbocycles. The van der Waals surface area contributed by atoms with Crippen LogP contribution in [0.1, 0.15) is 20.3 Å². The van der Waals surface area contributed by atoms with Gasteiger partial charge in [-0.05, 0) is 26.3 Å². The van der Waals surface area contributed by atoms with Gasteiger partial charge in [0.05, 0.1) is 11.8 Å². The molecule has 2 unspecified atom stereocenters. The maximum absolute atomic E-state index is 5.78. The molecule has 2 aromatic heterocycles. The lowest BCUT2D eigenvalue weighted by Gasteiger charge is -2.16. The largest absolute Gasteiger partial charge is 0.366 e. The molecule has 92 valence electrons. The van der Waals surface area contributed by atoms with Crippen molar-refractivity contribution in [1.82, 2.24) is 14.5 Å². The molecule has 0 aliphatic heterocycles. The maximum atomic E-state index is 5.78. The average Bonchev–Trinajstić information content (AvgIpc) is 2.61. The third-order valence-corrected chi connectivity index (χ3v) is 2.75. The molecule has 17 heavy (non-hydrogen) atoms. The van der Waals surface area contributed by atoms with E-state index < -0.39 is 0 Å². The first-order valence-electron chi connectivity index (χ1n) is 5.86. The summed E-state index contributed by atoms with van der Waals surface area (Å²) in [6.07, 6.45) is 4.50. The Balaban J connectivity index is 2.24. The SMILES string of the molecule is CC(N)CC(C)Nc1nccc2c1ncn2C. The first-order chi connectivity index (χ1) is 8.08. The minimum atomic E-state index is 0.181. The number of nitrogens with one attached hydrogen (secondary N) is 1. The number of anilines is 1. The fourth-order valence-corrected chi connectivity index (χ4v) is 2.02. The van der Waals surface area contributed by atoms with Crippen LogP contribution in [-0.4, -0.2) is 26.6 Å². The summed E-state index contributed by atoms with van der Waals surface area (Å²) in [6, 6.07) is 2.43. The third-order valence-electron chi connectivity index (χ3n) is 2.75. The molecule has 0 aliphatic rings. The highest BCUT2D eigenvalue weighted by molar-refractivity contribution is 5.85. The van der Waals surface area contributed by atoms with Crippen molar-refractivity contribution in [3.63, 3.8) is 0 Å². The Morgan fingerprint density at radius 3 is 2.88 bits per heavy atom. The van der Waals surface area contributed by atoms with Crippen molar-refractivity contribution in [2.24, 2.45) is 12.8 Å². The van der Waals surface area contributed by atoms with Crippen LogP contribution in [0.25, 0.3) is 11.0 Å². The van der Waals surface area contributed by atoms with Crippen molar-refractivity contribution in [1.29, 1.82) is 0 Å². The topological polar surface area (TPSA) is 68.8 Å². The van der Waals surface area contributed by atoms with Gasteiger partial charge in [0, 0.05) is 25.3 Å². The van der Waals surface area contributed by atoms with Crippen molar-refractivity contribution >= 4 is 16.9 Å². The zero-order valence-electron chi connectivity index (χ0n) is 10.5. The highest BCUT2D eigenvalue weighted by Gasteiger charge is 2.10. The Morgan fingerprint density at radius 2 is 2.18 bits per heavy atom. The highest BCUT2D eigenvalue weighted by Crippen LogP contribution is 2.19. The van der Waals surface area contributed by atoms with Gasteiger partial charge < -0.3 is 15.6 Å². The van der Waals surface area contributed by atoms with Gasteiger partial charge in [-0.2, -0.15) is 0 Å². The summed E-state index contributed by atoms with van der Waals surface area (Å²) in [7, 11) is 1.98. The van der Waals surface area contributed by atoms with Gasteiger partial charge in [-0.3, -0.25) is 0 Å². The van der Waals surface area contributed by atoms with Crippen LogP contribution < -0.4 is 11.1 Å². The van der Waals surface area contributed by atoms with E-state index in [9.17, 15) is 0 Å². The van der Waals surface area contributed by atoms with E-state index >= 15 is 0 Å². The molecule has 0 radical (unpaired) electrons. The predicted molar refractivity (Wildman–Crippen MR) is 69.9 cm³/mol. The molecular weight excluding hydrogens is 214 g/mol. The van der Waals surface area contributed by atoms with Gasteiger partial charge in [0.2, 0.25) is 0 Å². The predicted octanol–water partition coefficient (Wildman–Crippen LogP) is 1.51. The van der Waals surface area contributed by atoms with Crippen LogP contribution in [0.5, 0.6) is 0 Å². The number of rotatable bonds is 4. The standard InChI is InChI=1S/C12H19N5/c1-8(13)6-9(2)16-12-11-10(4-5-14-12)17(3)7-15-11/h4-5,7-9H,6,13H2,1-3H3,(H,14,16). The molecule has 3 N–H and O–H groups in total. The van der Waals surface area contributed by atoms with Crippen molar-refractivity contribution in [3.05, 3.63) is 18.6 Å². The normalized spacial score (nSPS) is 14.8. The third kappa shape index (κ3) is 2.55. The summed E-state index contributed by atoms with van der Waals surface area (Å²) in [5, 5.41) is 3.36. The van der Waals surface area contributed by atoms with Crippen LogP contribution in [0.2, 0.25) is 0 Å². The number of hydrogen-bond donors (Lipinski definition) is 2. The average molecular weight is 233 g/mol. The molecular formula is C12H19N5. The smallest absolute Gasteiger partial charge is 0.154 e. The number of imidazole rings is 1. The van der Waals surface area contributed by atoms with E-state index in [0.29, 0.717) is 0 Å². The zero-order valence-corrected chi connectivity index (χ0v) is 10.5. The van der Waals surface area contributed by atoms with Gasteiger partial charge in [-0.1, -0.05) is 0 Å². The summed E-state index contributed by atoms with van der Waals surface area (Å²) in [4.78, 5) is 8.70. The van der Waals surface area contributed by atoms with Crippen molar-refractivity contribution in [2.75, 3.05) is 5.32 Å². The number of nitrogens with zero attached hydrogens (tertiary/aromatic N) is 3. The van der Waals surface area contributed by atoms with Gasteiger partial charge in [-0.15, -0.1) is 0 Å². The minimum absolute atomic E-state index is 0.181. The van der Waals surface area contributed by atoms with Crippen LogP contribution in [0.4, 0.5) is 5.82 Å².